The van der Waals surface area contributed by atoms with Crippen molar-refractivity contribution in [3.8, 4) is 5.69 Å². The van der Waals surface area contributed by atoms with E-state index in [1.165, 1.54) is 6.33 Å². The number of alkyl halides is 3. The minimum atomic E-state index is -4.53. The molecule has 0 saturated carbocycles. The van der Waals surface area contributed by atoms with Gasteiger partial charge in [0.1, 0.15) is 12.7 Å². The average Bonchev–Trinajstić information content (AvgIpc) is 3.37. The zero-order valence-corrected chi connectivity index (χ0v) is 21.1. The van der Waals surface area contributed by atoms with Gasteiger partial charge in [-0.15, -0.1) is 0 Å². The normalized spacial score (nSPS) is 14.4. The molecule has 0 radical (unpaired) electrons. The number of carbonyl (C=O) groups is 1. The third-order valence-electron chi connectivity index (χ3n) is 6.37. The van der Waals surface area contributed by atoms with E-state index in [1.807, 2.05) is 0 Å². The maximum Gasteiger partial charge on any atom is 0.416 e. The SMILES string of the molecule is CNc1ncnc2c1ncn2-c1ccc(NC(=O)Nc2cc(CCN3CCOCC3)cc(C(F)(F)F)c2)cc1. The summed E-state index contributed by atoms with van der Waals surface area (Å²) >= 11 is 0. The van der Waals surface area contributed by atoms with E-state index >= 15 is 0 Å². The van der Waals surface area contributed by atoms with E-state index in [2.05, 4.69) is 35.8 Å². The van der Waals surface area contributed by atoms with Crippen molar-refractivity contribution in [1.82, 2.24) is 24.4 Å². The lowest BCUT2D eigenvalue weighted by molar-refractivity contribution is -0.137. The summed E-state index contributed by atoms with van der Waals surface area (Å²) in [6, 6.07) is 9.89. The van der Waals surface area contributed by atoms with Gasteiger partial charge in [0.05, 0.1) is 18.8 Å². The zero-order chi connectivity index (χ0) is 27.4. The van der Waals surface area contributed by atoms with Crippen LogP contribution in [0.15, 0.2) is 55.1 Å². The van der Waals surface area contributed by atoms with Crippen molar-refractivity contribution >= 4 is 34.4 Å². The first-order valence-corrected chi connectivity index (χ1v) is 12.4. The van der Waals surface area contributed by atoms with Crippen LogP contribution in [0.3, 0.4) is 0 Å². The number of halogens is 3. The van der Waals surface area contributed by atoms with Crippen LogP contribution in [0.5, 0.6) is 0 Å². The van der Waals surface area contributed by atoms with Crippen molar-refractivity contribution < 1.29 is 22.7 Å². The Morgan fingerprint density at radius 2 is 1.74 bits per heavy atom. The first-order valence-electron chi connectivity index (χ1n) is 12.4. The number of carbonyl (C=O) groups excluding carboxylic acids is 1. The van der Waals surface area contributed by atoms with Gasteiger partial charge in [-0.25, -0.2) is 19.7 Å². The summed E-state index contributed by atoms with van der Waals surface area (Å²) in [4.78, 5) is 27.6. The second kappa shape index (κ2) is 11.3. The highest BCUT2D eigenvalue weighted by Crippen LogP contribution is 2.32. The number of morpholine rings is 1. The number of hydrogen-bond acceptors (Lipinski definition) is 7. The minimum absolute atomic E-state index is 0.0702. The Balaban J connectivity index is 1.27. The molecule has 1 saturated heterocycles. The number of nitrogens with zero attached hydrogens (tertiary/aromatic N) is 5. The summed E-state index contributed by atoms with van der Waals surface area (Å²) in [6.45, 7) is 3.32. The number of nitrogens with one attached hydrogen (secondary N) is 3. The Morgan fingerprint density at radius 3 is 2.46 bits per heavy atom. The van der Waals surface area contributed by atoms with Gasteiger partial charge in [0, 0.05) is 43.7 Å². The fourth-order valence-electron chi connectivity index (χ4n) is 4.39. The number of fused-ring (bicyclic) bond motifs is 1. The van der Waals surface area contributed by atoms with Gasteiger partial charge >= 0.3 is 12.2 Å². The molecule has 0 spiro atoms. The molecule has 1 aliphatic rings. The Labute approximate surface area is 222 Å². The van der Waals surface area contributed by atoms with Gasteiger partial charge in [-0.3, -0.25) is 9.47 Å². The highest BCUT2D eigenvalue weighted by Gasteiger charge is 2.31. The van der Waals surface area contributed by atoms with E-state index in [1.54, 1.807) is 48.3 Å². The zero-order valence-electron chi connectivity index (χ0n) is 21.1. The number of anilines is 3. The lowest BCUT2D eigenvalue weighted by Crippen LogP contribution is -2.37. The number of amides is 2. The Morgan fingerprint density at radius 1 is 1.00 bits per heavy atom. The first-order chi connectivity index (χ1) is 18.8. The number of benzene rings is 2. The van der Waals surface area contributed by atoms with E-state index in [0.29, 0.717) is 54.4 Å². The van der Waals surface area contributed by atoms with Gasteiger partial charge in [0.25, 0.3) is 0 Å². The summed E-state index contributed by atoms with van der Waals surface area (Å²) in [5.74, 6) is 0.604. The second-order valence-corrected chi connectivity index (χ2v) is 9.01. The van der Waals surface area contributed by atoms with E-state index < -0.39 is 17.8 Å². The van der Waals surface area contributed by atoms with Gasteiger partial charge in [-0.05, 0) is 54.4 Å². The van der Waals surface area contributed by atoms with E-state index in [4.69, 9.17) is 4.74 Å². The summed E-state index contributed by atoms with van der Waals surface area (Å²) in [6.07, 6.45) is -1.05. The molecule has 4 aromatic rings. The molecule has 1 fully saturated rings. The summed E-state index contributed by atoms with van der Waals surface area (Å²) in [7, 11) is 1.75. The van der Waals surface area contributed by atoms with Crippen molar-refractivity contribution in [2.75, 3.05) is 55.8 Å². The molecular formula is C26H27F3N8O2. The van der Waals surface area contributed by atoms with E-state index in [-0.39, 0.29) is 5.69 Å². The second-order valence-electron chi connectivity index (χ2n) is 9.01. The highest BCUT2D eigenvalue weighted by molar-refractivity contribution is 6.00. The molecule has 3 N–H and O–H groups in total. The number of hydrogen-bond donors (Lipinski definition) is 3. The molecule has 0 unspecified atom stereocenters. The quantitative estimate of drug-likeness (QED) is 0.319. The molecule has 3 heterocycles. The molecule has 0 bridgehead atoms. The fraction of sp³-hybridized carbons (Fsp3) is 0.308. The summed E-state index contributed by atoms with van der Waals surface area (Å²) in [5, 5.41) is 8.18. The smallest absolute Gasteiger partial charge is 0.379 e. The third-order valence-corrected chi connectivity index (χ3v) is 6.37. The molecule has 2 aromatic heterocycles. The molecular weight excluding hydrogens is 513 g/mol. The topological polar surface area (TPSA) is 109 Å². The van der Waals surface area contributed by atoms with Crippen LogP contribution in [0.4, 0.5) is 35.2 Å². The third kappa shape index (κ3) is 6.26. The van der Waals surface area contributed by atoms with Crippen molar-refractivity contribution in [1.29, 1.82) is 0 Å². The molecule has 1 aliphatic heterocycles. The predicted molar refractivity (Wildman–Crippen MR) is 141 cm³/mol. The first kappa shape index (κ1) is 26.4. The largest absolute Gasteiger partial charge is 0.416 e. The van der Waals surface area contributed by atoms with E-state index in [9.17, 15) is 18.0 Å². The Kier molecular flexibility index (Phi) is 7.61. The molecule has 0 aliphatic carbocycles. The highest BCUT2D eigenvalue weighted by atomic mass is 19.4. The molecule has 13 heteroatoms. The molecule has 204 valence electrons. The number of ether oxygens (including phenoxy) is 1. The number of imidazole rings is 1. The van der Waals surface area contributed by atoms with Crippen molar-refractivity contribution in [3.05, 3.63) is 66.2 Å². The van der Waals surface area contributed by atoms with Crippen LogP contribution in [0.1, 0.15) is 11.1 Å². The summed E-state index contributed by atoms with van der Waals surface area (Å²) in [5.41, 5.74) is 2.21. The van der Waals surface area contributed by atoms with Gasteiger partial charge in [0.2, 0.25) is 0 Å². The van der Waals surface area contributed by atoms with Gasteiger partial charge in [0.15, 0.2) is 17.0 Å². The van der Waals surface area contributed by atoms with Gasteiger partial charge in [-0.2, -0.15) is 13.2 Å². The lowest BCUT2D eigenvalue weighted by Gasteiger charge is -2.26. The maximum atomic E-state index is 13.5. The van der Waals surface area contributed by atoms with Crippen LogP contribution in [0, 0.1) is 0 Å². The van der Waals surface area contributed by atoms with Gasteiger partial charge in [-0.1, -0.05) is 0 Å². The van der Waals surface area contributed by atoms with E-state index in [0.717, 1.165) is 30.9 Å². The van der Waals surface area contributed by atoms with Crippen molar-refractivity contribution in [3.63, 3.8) is 0 Å². The van der Waals surface area contributed by atoms with Crippen LogP contribution < -0.4 is 16.0 Å². The Hall–Kier alpha value is -4.23. The molecule has 5 rings (SSSR count). The number of urea groups is 1. The maximum absolute atomic E-state index is 13.5. The molecule has 2 amide bonds. The standard InChI is InChI=1S/C26H27F3N8O2/c1-30-23-22-24(32-15-31-23)37(16-33-22)21-4-2-19(3-5-21)34-25(38)35-20-13-17(12-18(14-20)26(27,28)29)6-7-36-8-10-39-11-9-36/h2-5,12-16H,6-11H2,1H3,(H,30,31,32)(H2,34,35,38). The van der Waals surface area contributed by atoms with Crippen LogP contribution in [0.25, 0.3) is 16.9 Å². The summed E-state index contributed by atoms with van der Waals surface area (Å²) < 4.78 is 47.7. The average molecular weight is 541 g/mol. The molecule has 2 aromatic carbocycles. The number of aromatic nitrogens is 4. The Bertz CT molecular complexity index is 1450. The molecule has 10 nitrogen and oxygen atoms in total. The van der Waals surface area contributed by atoms with Crippen molar-refractivity contribution in [2.45, 2.75) is 12.6 Å². The monoisotopic (exact) mass is 540 g/mol. The van der Waals surface area contributed by atoms with Crippen LogP contribution in [-0.4, -0.2) is 70.3 Å². The predicted octanol–water partition coefficient (Wildman–Crippen LogP) is 4.39. The van der Waals surface area contributed by atoms with Crippen LogP contribution in [0.2, 0.25) is 0 Å². The van der Waals surface area contributed by atoms with Crippen LogP contribution >= 0.6 is 0 Å². The molecule has 39 heavy (non-hydrogen) atoms. The minimum Gasteiger partial charge on any atom is -0.379 e. The van der Waals surface area contributed by atoms with Crippen LogP contribution in [-0.2, 0) is 17.3 Å². The van der Waals surface area contributed by atoms with Gasteiger partial charge < -0.3 is 20.7 Å². The van der Waals surface area contributed by atoms with Crippen molar-refractivity contribution in [2.24, 2.45) is 0 Å². The lowest BCUT2D eigenvalue weighted by atomic mass is 10.1. The molecule has 0 atom stereocenters. The fourth-order valence-corrected chi connectivity index (χ4v) is 4.39. The number of rotatable bonds is 7.